The van der Waals surface area contributed by atoms with Crippen LogP contribution >= 0.6 is 0 Å². The Bertz CT molecular complexity index is 90.3. The molecular formula is C6H12O4. The van der Waals surface area contributed by atoms with E-state index in [0.717, 1.165) is 0 Å². The summed E-state index contributed by atoms with van der Waals surface area (Å²) < 4.78 is 4.77. The lowest BCUT2D eigenvalue weighted by Crippen LogP contribution is -2.45. The highest BCUT2D eigenvalue weighted by atomic mass is 16.6. The van der Waals surface area contributed by atoms with Crippen molar-refractivity contribution in [1.29, 1.82) is 0 Å². The molecule has 0 aromatic rings. The minimum atomic E-state index is -1.14. The number of hydrogen-bond acceptors (Lipinski definition) is 4. The van der Waals surface area contributed by atoms with Gasteiger partial charge < -0.3 is 20.1 Å². The average Bonchev–Trinajstić information content (AvgIpc) is 1.84. The Morgan fingerprint density at radius 1 is 1.20 bits per heavy atom. The molecule has 0 radical (unpaired) electrons. The van der Waals surface area contributed by atoms with Crippen LogP contribution in [0.5, 0.6) is 0 Å². The van der Waals surface area contributed by atoms with Crippen LogP contribution in [0.2, 0.25) is 0 Å². The number of rotatable bonds is 0. The van der Waals surface area contributed by atoms with Gasteiger partial charge in [0.15, 0.2) is 6.29 Å². The van der Waals surface area contributed by atoms with Gasteiger partial charge in [-0.15, -0.1) is 0 Å². The Kier molecular flexibility index (Phi) is 2.25. The van der Waals surface area contributed by atoms with Crippen molar-refractivity contribution in [2.24, 2.45) is 0 Å². The Balaban J connectivity index is 2.46. The molecule has 10 heavy (non-hydrogen) atoms. The van der Waals surface area contributed by atoms with E-state index in [-0.39, 0.29) is 6.42 Å². The molecule has 0 saturated carbocycles. The van der Waals surface area contributed by atoms with Crippen LogP contribution in [0.25, 0.3) is 0 Å². The zero-order valence-electron chi connectivity index (χ0n) is 5.77. The van der Waals surface area contributed by atoms with Crippen molar-refractivity contribution in [1.82, 2.24) is 0 Å². The molecule has 4 nitrogen and oxygen atoms in total. The summed E-state index contributed by atoms with van der Waals surface area (Å²) in [7, 11) is 0. The molecule has 4 atom stereocenters. The van der Waals surface area contributed by atoms with Crippen LogP contribution in [-0.2, 0) is 4.74 Å². The number of aliphatic hydroxyl groups is 3. The van der Waals surface area contributed by atoms with Crippen LogP contribution < -0.4 is 0 Å². The van der Waals surface area contributed by atoms with Crippen LogP contribution in [0.1, 0.15) is 13.3 Å². The highest BCUT2D eigenvalue weighted by Gasteiger charge is 2.32. The standard InChI is InChI=1S/C6H12O4/c1-3-4(7)2-5(8)6(9)10-3/h3-9H,2H2,1H3/t3-,4+,5+,6?/m1/s1. The molecule has 1 heterocycles. The van der Waals surface area contributed by atoms with Gasteiger partial charge in [-0.2, -0.15) is 0 Å². The molecule has 1 rings (SSSR count). The lowest BCUT2D eigenvalue weighted by molar-refractivity contribution is -0.240. The molecule has 0 aromatic carbocycles. The second kappa shape index (κ2) is 2.84. The topological polar surface area (TPSA) is 69.9 Å². The maximum atomic E-state index is 9.07. The van der Waals surface area contributed by atoms with Crippen LogP contribution in [0, 0.1) is 0 Å². The van der Waals surface area contributed by atoms with Crippen molar-refractivity contribution in [3.05, 3.63) is 0 Å². The van der Waals surface area contributed by atoms with Gasteiger partial charge in [0.1, 0.15) is 6.10 Å². The van der Waals surface area contributed by atoms with Crippen molar-refractivity contribution in [3.63, 3.8) is 0 Å². The zero-order chi connectivity index (χ0) is 7.72. The fourth-order valence-corrected chi connectivity index (χ4v) is 0.957. The van der Waals surface area contributed by atoms with Crippen molar-refractivity contribution >= 4 is 0 Å². The summed E-state index contributed by atoms with van der Waals surface area (Å²) in [6.07, 6.45) is -2.97. The van der Waals surface area contributed by atoms with E-state index >= 15 is 0 Å². The summed E-state index contributed by atoms with van der Waals surface area (Å²) >= 11 is 0. The van der Waals surface area contributed by atoms with E-state index in [4.69, 9.17) is 20.1 Å². The minimum Gasteiger partial charge on any atom is -0.390 e. The molecule has 1 aliphatic heterocycles. The molecule has 0 aliphatic carbocycles. The Hall–Kier alpha value is -0.160. The highest BCUT2D eigenvalue weighted by molar-refractivity contribution is 4.76. The molecule has 0 spiro atoms. The molecule has 1 aliphatic rings. The quantitative estimate of drug-likeness (QED) is 0.405. The van der Waals surface area contributed by atoms with E-state index in [1.165, 1.54) is 0 Å². The Morgan fingerprint density at radius 3 is 2.30 bits per heavy atom. The first kappa shape index (κ1) is 7.94. The molecule has 1 unspecified atom stereocenters. The summed E-state index contributed by atoms with van der Waals surface area (Å²) in [4.78, 5) is 0. The summed E-state index contributed by atoms with van der Waals surface area (Å²) in [6, 6.07) is 0. The predicted molar refractivity (Wildman–Crippen MR) is 33.2 cm³/mol. The van der Waals surface area contributed by atoms with Crippen molar-refractivity contribution < 1.29 is 20.1 Å². The monoisotopic (exact) mass is 148 g/mol. The molecule has 3 N–H and O–H groups in total. The Morgan fingerprint density at radius 2 is 1.80 bits per heavy atom. The molecule has 1 fully saturated rings. The van der Waals surface area contributed by atoms with E-state index in [9.17, 15) is 0 Å². The van der Waals surface area contributed by atoms with Gasteiger partial charge in [0.05, 0.1) is 12.2 Å². The fourth-order valence-electron chi connectivity index (χ4n) is 0.957. The first-order valence-corrected chi connectivity index (χ1v) is 3.31. The molecular weight excluding hydrogens is 136 g/mol. The molecule has 60 valence electrons. The third-order valence-electron chi connectivity index (χ3n) is 1.71. The summed E-state index contributed by atoms with van der Waals surface area (Å²) in [5.41, 5.74) is 0. The lowest BCUT2D eigenvalue weighted by Gasteiger charge is -2.32. The lowest BCUT2D eigenvalue weighted by atomic mass is 10.0. The van der Waals surface area contributed by atoms with Crippen molar-refractivity contribution in [3.8, 4) is 0 Å². The van der Waals surface area contributed by atoms with Gasteiger partial charge >= 0.3 is 0 Å². The number of hydrogen-bond donors (Lipinski definition) is 3. The van der Waals surface area contributed by atoms with Crippen LogP contribution in [-0.4, -0.2) is 39.9 Å². The van der Waals surface area contributed by atoms with Gasteiger partial charge in [0.2, 0.25) is 0 Å². The van der Waals surface area contributed by atoms with Crippen LogP contribution in [0.4, 0.5) is 0 Å². The maximum Gasteiger partial charge on any atom is 0.181 e. The highest BCUT2D eigenvalue weighted by Crippen LogP contribution is 2.17. The SMILES string of the molecule is C[C@H]1OC(O)[C@@H](O)C[C@@H]1O. The van der Waals surface area contributed by atoms with Crippen molar-refractivity contribution in [2.75, 3.05) is 0 Å². The van der Waals surface area contributed by atoms with E-state index in [1.54, 1.807) is 6.92 Å². The zero-order valence-corrected chi connectivity index (χ0v) is 5.77. The van der Waals surface area contributed by atoms with Gasteiger partial charge in [-0.05, 0) is 6.92 Å². The predicted octanol–water partition coefficient (Wildman–Crippen LogP) is -1.16. The number of ether oxygens (including phenoxy) is 1. The third kappa shape index (κ3) is 1.46. The summed E-state index contributed by atoms with van der Waals surface area (Å²) in [6.45, 7) is 1.65. The number of aliphatic hydroxyl groups excluding tert-OH is 3. The van der Waals surface area contributed by atoms with E-state index < -0.39 is 24.6 Å². The Labute approximate surface area is 59.1 Å². The largest absolute Gasteiger partial charge is 0.390 e. The molecule has 1 saturated heterocycles. The van der Waals surface area contributed by atoms with Gasteiger partial charge in [0, 0.05) is 6.42 Å². The first-order chi connectivity index (χ1) is 4.61. The minimum absolute atomic E-state index is 0.183. The van der Waals surface area contributed by atoms with Gasteiger partial charge in [0.25, 0.3) is 0 Å². The summed E-state index contributed by atoms with van der Waals surface area (Å²) in [5.74, 6) is 0. The first-order valence-electron chi connectivity index (χ1n) is 3.31. The van der Waals surface area contributed by atoms with E-state index in [2.05, 4.69) is 0 Å². The maximum absolute atomic E-state index is 9.07. The third-order valence-corrected chi connectivity index (χ3v) is 1.71. The van der Waals surface area contributed by atoms with E-state index in [1.807, 2.05) is 0 Å². The van der Waals surface area contributed by atoms with Crippen LogP contribution in [0.15, 0.2) is 0 Å². The normalized spacial score (nSPS) is 49.2. The molecule has 0 amide bonds. The van der Waals surface area contributed by atoms with Gasteiger partial charge in [-0.25, -0.2) is 0 Å². The molecule has 4 heteroatoms. The van der Waals surface area contributed by atoms with Crippen LogP contribution in [0.3, 0.4) is 0 Å². The van der Waals surface area contributed by atoms with Gasteiger partial charge in [-0.1, -0.05) is 0 Å². The fraction of sp³-hybridized carbons (Fsp3) is 1.00. The van der Waals surface area contributed by atoms with Gasteiger partial charge in [-0.3, -0.25) is 0 Å². The molecule has 0 aromatic heterocycles. The average molecular weight is 148 g/mol. The van der Waals surface area contributed by atoms with Crippen molar-refractivity contribution in [2.45, 2.75) is 37.9 Å². The second-order valence-electron chi connectivity index (χ2n) is 2.60. The smallest absolute Gasteiger partial charge is 0.181 e. The van der Waals surface area contributed by atoms with E-state index in [0.29, 0.717) is 0 Å². The molecule has 0 bridgehead atoms. The summed E-state index contributed by atoms with van der Waals surface area (Å²) in [5, 5.41) is 26.9. The second-order valence-corrected chi connectivity index (χ2v) is 2.60.